The Balaban J connectivity index is 0.810. The van der Waals surface area contributed by atoms with Gasteiger partial charge in [0.25, 0.3) is 0 Å². The average Bonchev–Trinajstić information content (AvgIpc) is 1.56. The van der Waals surface area contributed by atoms with Gasteiger partial charge in [0.1, 0.15) is 122 Å². The molecule has 11 aliphatic rings. The highest BCUT2D eigenvalue weighted by molar-refractivity contribution is 5.19. The van der Waals surface area contributed by atoms with Gasteiger partial charge in [-0.3, -0.25) is 0 Å². The van der Waals surface area contributed by atoms with Crippen molar-refractivity contribution in [2.75, 3.05) is 39.6 Å². The Kier molecular flexibility index (Phi) is 20.2. The maximum absolute atomic E-state index is 12.3. The van der Waals surface area contributed by atoms with E-state index in [1.807, 2.05) is 0 Å². The van der Waals surface area contributed by atoms with Crippen LogP contribution in [0.2, 0.25) is 0 Å². The Morgan fingerprint density at radius 2 is 0.908 bits per heavy atom. The molecule has 0 radical (unpaired) electrons. The van der Waals surface area contributed by atoms with Crippen molar-refractivity contribution in [1.82, 2.24) is 0 Å². The van der Waals surface area contributed by atoms with Gasteiger partial charge in [-0.25, -0.2) is 0 Å². The first-order valence-corrected chi connectivity index (χ1v) is 31.1. The molecule has 87 heavy (non-hydrogen) atoms. The maximum Gasteiger partial charge on any atom is 0.187 e. The smallest absolute Gasteiger partial charge is 0.187 e. The van der Waals surface area contributed by atoms with Crippen molar-refractivity contribution in [2.45, 2.75) is 263 Å². The predicted octanol–water partition coefficient (Wildman–Crippen LogP) is -7.14. The fourth-order valence-electron chi connectivity index (χ4n) is 17.7. The topological polar surface area (TPSA) is 475 Å². The van der Waals surface area contributed by atoms with Crippen molar-refractivity contribution in [3.63, 3.8) is 0 Å². The van der Waals surface area contributed by atoms with Gasteiger partial charge in [0, 0.05) is 18.3 Å². The molecule has 18 N–H and O–H groups in total. The number of hydrogen-bond donors (Lipinski definition) is 18. The molecule has 0 bridgehead atoms. The molecule has 0 amide bonds. The number of aliphatic hydroxyl groups is 18. The number of ether oxygens (including phenoxy) is 12. The molecular weight excluding hydrogens is 1160 g/mol. The molecule has 7 aliphatic heterocycles. The largest absolute Gasteiger partial charge is 0.394 e. The van der Waals surface area contributed by atoms with E-state index >= 15 is 0 Å². The molecule has 7 heterocycles. The zero-order valence-electron chi connectivity index (χ0n) is 49.1. The van der Waals surface area contributed by atoms with Gasteiger partial charge < -0.3 is 149 Å². The quantitative estimate of drug-likeness (QED) is 0.0678. The second-order valence-corrected chi connectivity index (χ2v) is 27.4. The molecule has 11 fully saturated rings. The van der Waals surface area contributed by atoms with Crippen molar-refractivity contribution in [3.05, 3.63) is 0 Å². The highest BCUT2D eigenvalue weighted by Gasteiger charge is 2.73. The number of aliphatic hydroxyl groups excluding tert-OH is 18. The molecule has 0 aromatic heterocycles. The number of hydrogen-bond acceptors (Lipinski definition) is 30. The molecule has 1 spiro atoms. The summed E-state index contributed by atoms with van der Waals surface area (Å²) >= 11 is 0. The second-order valence-electron chi connectivity index (χ2n) is 27.4. The van der Waals surface area contributed by atoms with E-state index in [-0.39, 0.29) is 52.4 Å². The van der Waals surface area contributed by atoms with Gasteiger partial charge in [-0.05, 0) is 85.4 Å². The highest BCUT2D eigenvalue weighted by atomic mass is 16.8. The molecule has 7 saturated heterocycles. The molecule has 39 atom stereocenters. The standard InChI is InChI=1S/C57H94O30/c1-19-7-10-57(76-18-19)20(2)31-46(87-57)37(68)32-22-6-5-21-11-25(24(63)12-56(21,4)23(22)8-9-55(31,32)3)77-50-44(75)41(72)45(30(17-62)82-50)83-54-49(86-52-43(74)39(70)34(65)27(14-59)79-52)47(36(67)29(16-61)81-54)84-53-48(40(71)35(66)28(15-60)80-53)85-51-42(73)38(69)33(64)26(13-58)78-51/h19-54,58-75H,5-18H2,1-4H3. The van der Waals surface area contributed by atoms with Crippen LogP contribution in [0.15, 0.2) is 0 Å². The monoisotopic (exact) mass is 1260 g/mol. The Bertz CT molecular complexity index is 2270. The normalized spacial score (nSPS) is 57.9. The van der Waals surface area contributed by atoms with E-state index in [0.29, 0.717) is 25.4 Å². The van der Waals surface area contributed by atoms with Crippen molar-refractivity contribution < 1.29 is 149 Å². The minimum atomic E-state index is -2.16. The van der Waals surface area contributed by atoms with Crippen molar-refractivity contribution in [2.24, 2.45) is 52.3 Å². The van der Waals surface area contributed by atoms with Crippen LogP contribution in [0.3, 0.4) is 0 Å². The Morgan fingerprint density at radius 3 is 1.48 bits per heavy atom. The van der Waals surface area contributed by atoms with E-state index in [4.69, 9.17) is 56.8 Å². The predicted molar refractivity (Wildman–Crippen MR) is 284 cm³/mol. The van der Waals surface area contributed by atoms with E-state index in [9.17, 15) is 91.9 Å². The molecule has 39 unspecified atom stereocenters. The molecule has 502 valence electrons. The van der Waals surface area contributed by atoms with E-state index in [2.05, 4.69) is 27.7 Å². The molecule has 0 aromatic carbocycles. The summed E-state index contributed by atoms with van der Waals surface area (Å²) in [6.45, 7) is 4.72. The molecule has 30 heteroatoms. The Morgan fingerprint density at radius 1 is 0.425 bits per heavy atom. The van der Waals surface area contributed by atoms with Gasteiger partial charge in [0.05, 0.1) is 64.1 Å². The van der Waals surface area contributed by atoms with Crippen LogP contribution in [0.1, 0.15) is 79.1 Å². The fourth-order valence-corrected chi connectivity index (χ4v) is 17.7. The molecule has 30 nitrogen and oxygen atoms in total. The summed E-state index contributed by atoms with van der Waals surface area (Å²) in [7, 11) is 0. The lowest BCUT2D eigenvalue weighted by Crippen LogP contribution is -2.69. The lowest BCUT2D eigenvalue weighted by atomic mass is 9.44. The van der Waals surface area contributed by atoms with Crippen LogP contribution < -0.4 is 0 Å². The zero-order chi connectivity index (χ0) is 62.7. The van der Waals surface area contributed by atoms with Gasteiger partial charge in [-0.2, -0.15) is 0 Å². The second kappa shape index (κ2) is 26.2. The number of rotatable bonds is 15. The number of fused-ring (bicyclic) bond motifs is 7. The molecule has 4 saturated carbocycles. The first kappa shape index (κ1) is 67.2. The van der Waals surface area contributed by atoms with Crippen LogP contribution in [0, 0.1) is 52.3 Å². The first-order valence-electron chi connectivity index (χ1n) is 31.1. The van der Waals surface area contributed by atoms with Gasteiger partial charge >= 0.3 is 0 Å². The van der Waals surface area contributed by atoms with E-state index in [1.165, 1.54) is 0 Å². The molecule has 4 aliphatic carbocycles. The van der Waals surface area contributed by atoms with Crippen LogP contribution in [-0.4, -0.2) is 315 Å². The van der Waals surface area contributed by atoms with Crippen LogP contribution in [0.5, 0.6) is 0 Å². The van der Waals surface area contributed by atoms with Crippen molar-refractivity contribution in [3.8, 4) is 0 Å². The summed E-state index contributed by atoms with van der Waals surface area (Å²) in [4.78, 5) is 0. The maximum atomic E-state index is 12.3. The van der Waals surface area contributed by atoms with Crippen LogP contribution in [0.25, 0.3) is 0 Å². The molecular formula is C57H94O30. The third-order valence-corrected chi connectivity index (χ3v) is 22.6. The lowest BCUT2D eigenvalue weighted by Gasteiger charge is -2.62. The first-order chi connectivity index (χ1) is 41.3. The van der Waals surface area contributed by atoms with Gasteiger partial charge in [-0.15, -0.1) is 0 Å². The van der Waals surface area contributed by atoms with Crippen LogP contribution >= 0.6 is 0 Å². The molecule has 11 rings (SSSR count). The summed E-state index contributed by atoms with van der Waals surface area (Å²) in [5.41, 5.74) is -0.554. The Labute approximate surface area is 502 Å². The summed E-state index contributed by atoms with van der Waals surface area (Å²) in [5, 5.41) is 199. The van der Waals surface area contributed by atoms with E-state index < -0.39 is 211 Å². The summed E-state index contributed by atoms with van der Waals surface area (Å²) in [6.07, 6.45) is -46.1. The van der Waals surface area contributed by atoms with E-state index in [0.717, 1.165) is 38.5 Å². The van der Waals surface area contributed by atoms with Gasteiger partial charge in [0.2, 0.25) is 0 Å². The SMILES string of the molecule is CC1CCC2(OC1)OC1C(O)C3C4CCC5CC(OC6OC(CO)C(OC7OC(CO)C(O)C(OC8OC(CO)C(O)C(O)C8OC8OC(CO)C(O)C(O)C8O)C7OC7OC(CO)C(O)C(O)C7O)C(O)C6O)C(O)CC5(C)C4CCC3(C)C1C2C. The van der Waals surface area contributed by atoms with Gasteiger partial charge in [-0.1, -0.05) is 27.7 Å². The van der Waals surface area contributed by atoms with Crippen molar-refractivity contribution in [1.29, 1.82) is 0 Å². The zero-order valence-corrected chi connectivity index (χ0v) is 49.1. The highest BCUT2D eigenvalue weighted by Crippen LogP contribution is 2.71. The van der Waals surface area contributed by atoms with Crippen LogP contribution in [0.4, 0.5) is 0 Å². The Hall–Kier alpha value is -1.20. The van der Waals surface area contributed by atoms with Gasteiger partial charge in [0.15, 0.2) is 37.2 Å². The third-order valence-electron chi connectivity index (χ3n) is 22.6. The summed E-state index contributed by atoms with van der Waals surface area (Å²) in [5.74, 6) is 0.314. The van der Waals surface area contributed by atoms with E-state index in [1.54, 1.807) is 0 Å². The lowest BCUT2D eigenvalue weighted by molar-refractivity contribution is -0.414. The third kappa shape index (κ3) is 11.6. The minimum Gasteiger partial charge on any atom is -0.394 e. The van der Waals surface area contributed by atoms with Crippen molar-refractivity contribution >= 4 is 0 Å². The fraction of sp³-hybridized carbons (Fsp3) is 1.00. The molecule has 0 aromatic rings. The summed E-state index contributed by atoms with van der Waals surface area (Å²) < 4.78 is 73.3. The van der Waals surface area contributed by atoms with Crippen LogP contribution in [-0.2, 0) is 56.8 Å². The summed E-state index contributed by atoms with van der Waals surface area (Å²) in [6, 6.07) is 0. The average molecular weight is 1260 g/mol. The minimum absolute atomic E-state index is 0.0171.